The van der Waals surface area contributed by atoms with Crippen molar-refractivity contribution in [3.05, 3.63) is 0 Å². The van der Waals surface area contributed by atoms with Crippen LogP contribution in [0.2, 0.25) is 43.3 Å². The van der Waals surface area contributed by atoms with Crippen LogP contribution in [0.5, 0.6) is 0 Å². The first kappa shape index (κ1) is 26.5. The highest BCUT2D eigenvalue weighted by Gasteiger charge is 2.36. The molecule has 0 rings (SSSR count). The van der Waals surface area contributed by atoms with Crippen LogP contribution in [0.1, 0.15) is 33.6 Å². The predicted octanol–water partition coefficient (Wildman–Crippen LogP) is 4.80. The molecule has 0 aliphatic heterocycles. The van der Waals surface area contributed by atoms with Gasteiger partial charge in [0.15, 0.2) is 0 Å². The second kappa shape index (κ2) is 12.8. The van der Waals surface area contributed by atoms with Crippen LogP contribution in [0.25, 0.3) is 0 Å². The van der Waals surface area contributed by atoms with Gasteiger partial charge in [-0.25, -0.2) is 0 Å². The number of hydrogen-bond acceptors (Lipinski definition) is 5. The predicted molar refractivity (Wildman–Crippen MR) is 119 cm³/mol. The maximum atomic E-state index is 5.67. The smallest absolute Gasteiger partial charge is 0.334 e. The second-order valence-corrected chi connectivity index (χ2v) is 19.9. The molecule has 0 saturated heterocycles. The van der Waals surface area contributed by atoms with E-state index in [1.165, 1.54) is 18.1 Å². The molecule has 0 atom stereocenters. The van der Waals surface area contributed by atoms with Gasteiger partial charge in [-0.05, 0) is 69.2 Å². The molecular formula is C18H45NO4Si3. The fourth-order valence-electron chi connectivity index (χ4n) is 3.76. The Balaban J connectivity index is 4.97. The molecule has 0 aromatic rings. The van der Waals surface area contributed by atoms with Crippen molar-refractivity contribution in [1.82, 2.24) is 4.57 Å². The molecule has 0 radical (unpaired) electrons. The largest absolute Gasteiger partial charge is 0.398 e. The molecule has 0 spiro atoms. The Hall–Kier alpha value is 0.451. The zero-order valence-electron chi connectivity index (χ0n) is 18.9. The zero-order valence-corrected chi connectivity index (χ0v) is 21.9. The van der Waals surface area contributed by atoms with Crippen LogP contribution in [0.3, 0.4) is 0 Å². The van der Waals surface area contributed by atoms with Gasteiger partial charge < -0.3 is 22.3 Å². The van der Waals surface area contributed by atoms with Crippen LogP contribution in [-0.4, -0.2) is 71.5 Å². The van der Waals surface area contributed by atoms with Crippen molar-refractivity contribution in [2.24, 2.45) is 0 Å². The summed E-state index contributed by atoms with van der Waals surface area (Å²) in [6.07, 6.45) is 2.31. The van der Waals surface area contributed by atoms with Gasteiger partial charge in [0.2, 0.25) is 0 Å². The minimum atomic E-state index is -1.97. The fourth-order valence-corrected chi connectivity index (χ4v) is 10.6. The van der Waals surface area contributed by atoms with E-state index in [-0.39, 0.29) is 0 Å². The minimum Gasteiger partial charge on any atom is -0.398 e. The Bertz CT molecular complexity index is 330. The van der Waals surface area contributed by atoms with E-state index in [0.29, 0.717) is 0 Å². The van der Waals surface area contributed by atoms with E-state index in [4.69, 9.17) is 17.7 Å². The lowest BCUT2D eigenvalue weighted by atomic mass is 10.4. The van der Waals surface area contributed by atoms with Crippen LogP contribution in [-0.2, 0) is 17.7 Å². The molecule has 0 unspecified atom stereocenters. The van der Waals surface area contributed by atoms with Crippen molar-refractivity contribution in [3.8, 4) is 0 Å². The quantitative estimate of drug-likeness (QED) is 0.333. The summed E-state index contributed by atoms with van der Waals surface area (Å²) >= 11 is 0. The Morgan fingerprint density at radius 2 is 0.923 bits per heavy atom. The van der Waals surface area contributed by atoms with Crippen molar-refractivity contribution in [2.45, 2.75) is 76.9 Å². The first-order valence-corrected chi connectivity index (χ1v) is 17.8. The van der Waals surface area contributed by atoms with Crippen LogP contribution < -0.4 is 0 Å². The maximum absolute atomic E-state index is 5.67. The van der Waals surface area contributed by atoms with Gasteiger partial charge in [0, 0.05) is 28.4 Å². The average Bonchev–Trinajstić information content (AvgIpc) is 2.68. The summed E-state index contributed by atoms with van der Waals surface area (Å²) in [5.74, 6) is 0. The van der Waals surface area contributed by atoms with Crippen molar-refractivity contribution in [1.29, 1.82) is 0 Å². The Labute approximate surface area is 166 Å². The van der Waals surface area contributed by atoms with Crippen LogP contribution in [0.4, 0.5) is 0 Å². The molecule has 0 aromatic carbocycles. The molecule has 0 heterocycles. The minimum absolute atomic E-state index is 1.06. The number of hydrogen-bond donors (Lipinski definition) is 0. The molecule has 0 amide bonds. The summed E-state index contributed by atoms with van der Waals surface area (Å²) in [7, 11) is 1.84. The molecule has 0 aliphatic carbocycles. The van der Waals surface area contributed by atoms with E-state index in [1.54, 1.807) is 28.4 Å². The lowest BCUT2D eigenvalue weighted by Crippen LogP contribution is -2.53. The van der Waals surface area contributed by atoms with E-state index in [2.05, 4.69) is 38.4 Å². The van der Waals surface area contributed by atoms with Crippen molar-refractivity contribution in [2.75, 3.05) is 41.5 Å². The molecule has 0 aromatic heterocycles. The SMILES string of the molecule is CC[Si](CC)(CC)N(CCC[Si](C)(OC)OC)CCC[Si](C)(OC)OC. The maximum Gasteiger partial charge on any atom is 0.334 e. The van der Waals surface area contributed by atoms with Gasteiger partial charge in [-0.15, -0.1) is 0 Å². The molecule has 8 heteroatoms. The first-order chi connectivity index (χ1) is 12.2. The molecule has 0 N–H and O–H groups in total. The summed E-state index contributed by atoms with van der Waals surface area (Å²) in [5, 5.41) is 0. The van der Waals surface area contributed by atoms with Gasteiger partial charge in [0.25, 0.3) is 0 Å². The van der Waals surface area contributed by atoms with E-state index in [1.807, 2.05) is 0 Å². The van der Waals surface area contributed by atoms with Crippen LogP contribution >= 0.6 is 0 Å². The first-order valence-electron chi connectivity index (χ1n) is 10.2. The standard InChI is InChI=1S/C18H45NO4Si3/c1-10-26(11-2,12-3)19(15-13-17-24(8,20-4)21-5)16-14-18-25(9,22-6)23-7/h10-18H2,1-9H3. The summed E-state index contributed by atoms with van der Waals surface area (Å²) in [5.41, 5.74) is 0. The molecular weight excluding hydrogens is 378 g/mol. The van der Waals surface area contributed by atoms with Crippen molar-refractivity contribution >= 4 is 25.4 Å². The number of nitrogens with zero attached hydrogens (tertiary/aromatic N) is 1. The van der Waals surface area contributed by atoms with Gasteiger partial charge in [-0.1, -0.05) is 20.8 Å². The van der Waals surface area contributed by atoms with Crippen LogP contribution in [0, 0.1) is 0 Å². The third-order valence-electron chi connectivity index (χ3n) is 6.49. The van der Waals surface area contributed by atoms with E-state index in [9.17, 15) is 0 Å². The summed E-state index contributed by atoms with van der Waals surface area (Å²) < 4.78 is 25.5. The molecule has 158 valence electrons. The van der Waals surface area contributed by atoms with Gasteiger partial charge >= 0.3 is 17.1 Å². The molecule has 5 nitrogen and oxygen atoms in total. The highest BCUT2D eigenvalue weighted by Crippen LogP contribution is 2.27. The highest BCUT2D eigenvalue weighted by atomic mass is 28.4. The molecule has 26 heavy (non-hydrogen) atoms. The van der Waals surface area contributed by atoms with E-state index < -0.39 is 25.4 Å². The second-order valence-electron chi connectivity index (χ2n) is 7.56. The van der Waals surface area contributed by atoms with E-state index >= 15 is 0 Å². The monoisotopic (exact) mass is 423 g/mol. The molecule has 0 saturated carbocycles. The average molecular weight is 424 g/mol. The van der Waals surface area contributed by atoms with Gasteiger partial charge in [-0.3, -0.25) is 0 Å². The lowest BCUT2D eigenvalue weighted by molar-refractivity contribution is 0.244. The van der Waals surface area contributed by atoms with Crippen molar-refractivity contribution < 1.29 is 17.7 Å². The molecule has 0 fully saturated rings. The van der Waals surface area contributed by atoms with Crippen molar-refractivity contribution in [3.63, 3.8) is 0 Å². The summed E-state index contributed by atoms with van der Waals surface area (Å²) in [6.45, 7) is 13.8. The van der Waals surface area contributed by atoms with Gasteiger partial charge in [-0.2, -0.15) is 0 Å². The highest BCUT2D eigenvalue weighted by molar-refractivity contribution is 6.77. The normalized spacial score (nSPS) is 13.6. The van der Waals surface area contributed by atoms with Gasteiger partial charge in [0.05, 0.1) is 0 Å². The summed E-state index contributed by atoms with van der Waals surface area (Å²) in [4.78, 5) is 0. The third kappa shape index (κ3) is 7.83. The van der Waals surface area contributed by atoms with Gasteiger partial charge in [0.1, 0.15) is 8.24 Å². The zero-order chi connectivity index (χ0) is 20.3. The lowest BCUT2D eigenvalue weighted by Gasteiger charge is -2.42. The number of rotatable bonds is 16. The molecule has 0 bridgehead atoms. The third-order valence-corrected chi connectivity index (χ3v) is 18.2. The Morgan fingerprint density at radius 3 is 1.15 bits per heavy atom. The Morgan fingerprint density at radius 1 is 0.615 bits per heavy atom. The van der Waals surface area contributed by atoms with E-state index in [0.717, 1.165) is 38.0 Å². The fraction of sp³-hybridized carbons (Fsp3) is 1.00. The summed E-state index contributed by atoms with van der Waals surface area (Å²) in [6, 6.07) is 6.09. The van der Waals surface area contributed by atoms with Crippen LogP contribution in [0.15, 0.2) is 0 Å². The Kier molecular flexibility index (Phi) is 13.0. The topological polar surface area (TPSA) is 40.2 Å². The molecule has 0 aliphatic rings.